The lowest BCUT2D eigenvalue weighted by Gasteiger charge is -2.18. The fourth-order valence-corrected chi connectivity index (χ4v) is 2.28. The van der Waals surface area contributed by atoms with Crippen LogP contribution >= 0.6 is 0 Å². The molecule has 0 aliphatic heterocycles. The van der Waals surface area contributed by atoms with E-state index in [4.69, 9.17) is 9.47 Å². The van der Waals surface area contributed by atoms with Gasteiger partial charge in [0.05, 0.1) is 20.3 Å². The molecule has 0 aliphatic rings. The third kappa shape index (κ3) is 4.64. The highest BCUT2D eigenvalue weighted by atomic mass is 16.5. The molecule has 2 aromatic carbocycles. The summed E-state index contributed by atoms with van der Waals surface area (Å²) in [4.78, 5) is 12.2. The summed E-state index contributed by atoms with van der Waals surface area (Å²) in [7, 11) is 3.22. The number of hydrogen-bond acceptors (Lipinski definition) is 3. The van der Waals surface area contributed by atoms with Crippen molar-refractivity contribution in [3.63, 3.8) is 0 Å². The normalized spacial score (nSPS) is 11.4. The van der Waals surface area contributed by atoms with E-state index in [0.29, 0.717) is 11.4 Å². The molecule has 2 aromatic rings. The summed E-state index contributed by atoms with van der Waals surface area (Å²) in [6.45, 7) is 2.03. The van der Waals surface area contributed by atoms with Crippen molar-refractivity contribution in [3.05, 3.63) is 54.1 Å². The zero-order valence-electron chi connectivity index (χ0n) is 13.6. The fourth-order valence-electron chi connectivity index (χ4n) is 2.28. The van der Waals surface area contributed by atoms with Crippen LogP contribution in [0.15, 0.2) is 48.5 Å². The van der Waals surface area contributed by atoms with Crippen molar-refractivity contribution in [1.29, 1.82) is 0 Å². The molecule has 122 valence electrons. The molecule has 0 saturated heterocycles. The minimum Gasteiger partial charge on any atom is -0.497 e. The van der Waals surface area contributed by atoms with Gasteiger partial charge in [-0.05, 0) is 36.2 Å². The molecule has 0 aromatic heterocycles. The first kappa shape index (κ1) is 16.7. The molecule has 1 atom stereocenters. The van der Waals surface area contributed by atoms with Crippen molar-refractivity contribution in [2.75, 3.05) is 19.5 Å². The van der Waals surface area contributed by atoms with Gasteiger partial charge in [-0.3, -0.25) is 0 Å². The van der Waals surface area contributed by atoms with E-state index in [1.807, 2.05) is 49.4 Å². The molecule has 2 amide bonds. The first-order valence-electron chi connectivity index (χ1n) is 7.51. The zero-order chi connectivity index (χ0) is 16.7. The van der Waals surface area contributed by atoms with Gasteiger partial charge in [0, 0.05) is 11.8 Å². The van der Waals surface area contributed by atoms with E-state index in [9.17, 15) is 4.79 Å². The first-order chi connectivity index (χ1) is 11.2. The lowest BCUT2D eigenvalue weighted by Crippen LogP contribution is -2.32. The van der Waals surface area contributed by atoms with Crippen LogP contribution in [0.3, 0.4) is 0 Å². The van der Waals surface area contributed by atoms with Gasteiger partial charge in [-0.15, -0.1) is 0 Å². The van der Waals surface area contributed by atoms with Gasteiger partial charge in [-0.1, -0.05) is 25.1 Å². The minimum atomic E-state index is -0.249. The Morgan fingerprint density at radius 2 is 1.74 bits per heavy atom. The van der Waals surface area contributed by atoms with Gasteiger partial charge in [0.15, 0.2) is 0 Å². The lowest BCUT2D eigenvalue weighted by molar-refractivity contribution is 0.248. The molecule has 0 aliphatic carbocycles. The summed E-state index contributed by atoms with van der Waals surface area (Å²) >= 11 is 0. The summed E-state index contributed by atoms with van der Waals surface area (Å²) in [5.74, 6) is 1.49. The number of urea groups is 1. The van der Waals surface area contributed by atoms with Crippen molar-refractivity contribution < 1.29 is 14.3 Å². The molecular formula is C18H22N2O3. The second-order valence-electron chi connectivity index (χ2n) is 5.06. The van der Waals surface area contributed by atoms with Crippen LogP contribution in [0.2, 0.25) is 0 Å². The molecule has 23 heavy (non-hydrogen) atoms. The predicted octanol–water partition coefficient (Wildman–Crippen LogP) is 3.98. The number of ether oxygens (including phenoxy) is 2. The quantitative estimate of drug-likeness (QED) is 0.848. The predicted molar refractivity (Wildman–Crippen MR) is 91.2 cm³/mol. The number of anilines is 1. The van der Waals surface area contributed by atoms with Crippen molar-refractivity contribution in [2.24, 2.45) is 0 Å². The maximum atomic E-state index is 12.2. The highest BCUT2D eigenvalue weighted by molar-refractivity contribution is 5.89. The summed E-state index contributed by atoms with van der Waals surface area (Å²) in [5, 5.41) is 5.79. The average Bonchev–Trinajstić information content (AvgIpc) is 2.60. The van der Waals surface area contributed by atoms with Crippen LogP contribution < -0.4 is 20.1 Å². The molecule has 5 heteroatoms. The molecule has 0 saturated carbocycles. The highest BCUT2D eigenvalue weighted by Gasteiger charge is 2.13. The number of nitrogens with one attached hydrogen (secondary N) is 2. The number of carbonyl (C=O) groups excluding carboxylic acids is 1. The Labute approximate surface area is 136 Å². The van der Waals surface area contributed by atoms with Crippen molar-refractivity contribution in [1.82, 2.24) is 5.32 Å². The minimum absolute atomic E-state index is 0.0634. The van der Waals surface area contributed by atoms with E-state index in [-0.39, 0.29) is 12.1 Å². The largest absolute Gasteiger partial charge is 0.497 e. The number of rotatable bonds is 6. The van der Waals surface area contributed by atoms with Crippen molar-refractivity contribution in [3.8, 4) is 11.5 Å². The van der Waals surface area contributed by atoms with Crippen LogP contribution in [-0.4, -0.2) is 20.3 Å². The van der Waals surface area contributed by atoms with Crippen LogP contribution in [0.5, 0.6) is 11.5 Å². The molecule has 5 nitrogen and oxygen atoms in total. The fraction of sp³-hybridized carbons (Fsp3) is 0.278. The van der Waals surface area contributed by atoms with E-state index in [1.54, 1.807) is 20.3 Å². The standard InChI is InChI=1S/C18H22N2O3/c1-4-17(13-8-10-15(22-2)11-9-13)20-18(21)19-14-6-5-7-16(12-14)23-3/h5-12,17H,4H2,1-3H3,(H2,19,20,21). The van der Waals surface area contributed by atoms with Gasteiger partial charge in [-0.2, -0.15) is 0 Å². The van der Waals surface area contributed by atoms with Gasteiger partial charge < -0.3 is 20.1 Å². The lowest BCUT2D eigenvalue weighted by atomic mass is 10.0. The number of methoxy groups -OCH3 is 2. The number of amides is 2. The van der Waals surface area contributed by atoms with E-state index in [2.05, 4.69) is 10.6 Å². The maximum Gasteiger partial charge on any atom is 0.319 e. The Balaban J connectivity index is 2.01. The second-order valence-corrected chi connectivity index (χ2v) is 5.06. The topological polar surface area (TPSA) is 59.6 Å². The smallest absolute Gasteiger partial charge is 0.319 e. The van der Waals surface area contributed by atoms with Crippen LogP contribution in [0, 0.1) is 0 Å². The molecule has 0 radical (unpaired) electrons. The monoisotopic (exact) mass is 314 g/mol. The SMILES string of the molecule is CCC(NC(=O)Nc1cccc(OC)c1)c1ccc(OC)cc1. The molecule has 1 unspecified atom stereocenters. The van der Waals surface area contributed by atoms with Gasteiger partial charge in [0.25, 0.3) is 0 Å². The molecular weight excluding hydrogens is 292 g/mol. The van der Waals surface area contributed by atoms with Gasteiger partial charge in [-0.25, -0.2) is 4.79 Å². The van der Waals surface area contributed by atoms with Crippen LogP contribution in [0.1, 0.15) is 24.9 Å². The van der Waals surface area contributed by atoms with Crippen LogP contribution in [-0.2, 0) is 0 Å². The third-order valence-corrected chi connectivity index (χ3v) is 3.56. The number of benzene rings is 2. The Morgan fingerprint density at radius 3 is 2.35 bits per heavy atom. The Morgan fingerprint density at radius 1 is 1.04 bits per heavy atom. The highest BCUT2D eigenvalue weighted by Crippen LogP contribution is 2.21. The Bertz CT molecular complexity index is 641. The molecule has 0 bridgehead atoms. The van der Waals surface area contributed by atoms with Crippen LogP contribution in [0.4, 0.5) is 10.5 Å². The maximum absolute atomic E-state index is 12.2. The Hall–Kier alpha value is -2.69. The van der Waals surface area contributed by atoms with Crippen molar-refractivity contribution >= 4 is 11.7 Å². The second kappa shape index (κ2) is 8.08. The molecule has 0 spiro atoms. The van der Waals surface area contributed by atoms with Gasteiger partial charge in [0.1, 0.15) is 11.5 Å². The molecule has 0 fully saturated rings. The van der Waals surface area contributed by atoms with Gasteiger partial charge >= 0.3 is 6.03 Å². The average molecular weight is 314 g/mol. The number of hydrogen-bond donors (Lipinski definition) is 2. The van der Waals surface area contributed by atoms with Crippen LogP contribution in [0.25, 0.3) is 0 Å². The van der Waals surface area contributed by atoms with E-state index >= 15 is 0 Å². The first-order valence-corrected chi connectivity index (χ1v) is 7.51. The molecule has 2 rings (SSSR count). The Kier molecular flexibility index (Phi) is 5.86. The zero-order valence-corrected chi connectivity index (χ0v) is 13.6. The summed E-state index contributed by atoms with van der Waals surface area (Å²) in [5.41, 5.74) is 1.72. The number of carbonyl (C=O) groups is 1. The third-order valence-electron chi connectivity index (χ3n) is 3.56. The summed E-state index contributed by atoms with van der Waals surface area (Å²) < 4.78 is 10.3. The van der Waals surface area contributed by atoms with Crippen molar-refractivity contribution in [2.45, 2.75) is 19.4 Å². The molecule has 0 heterocycles. The summed E-state index contributed by atoms with van der Waals surface area (Å²) in [6.07, 6.45) is 0.790. The van der Waals surface area contributed by atoms with E-state index in [1.165, 1.54) is 0 Å². The molecule has 2 N–H and O–H groups in total. The van der Waals surface area contributed by atoms with E-state index < -0.39 is 0 Å². The summed E-state index contributed by atoms with van der Waals surface area (Å²) in [6, 6.07) is 14.6. The van der Waals surface area contributed by atoms with Gasteiger partial charge in [0.2, 0.25) is 0 Å². The van der Waals surface area contributed by atoms with E-state index in [0.717, 1.165) is 17.7 Å².